The Morgan fingerprint density at radius 2 is 2.00 bits per heavy atom. The molecule has 0 radical (unpaired) electrons. The Hall–Kier alpha value is -4.09. The second-order valence-electron chi connectivity index (χ2n) is 5.95. The van der Waals surface area contributed by atoms with Crippen LogP contribution in [0.3, 0.4) is 0 Å². The van der Waals surface area contributed by atoms with Crippen LogP contribution in [0.15, 0.2) is 24.3 Å². The fraction of sp³-hybridized carbons (Fsp3) is 0.235. The first-order valence-electron chi connectivity index (χ1n) is 8.29. The molecule has 3 aromatic rings. The Balaban J connectivity index is 1.67. The summed E-state index contributed by atoms with van der Waals surface area (Å²) in [6.45, 7) is 2.88. The van der Waals surface area contributed by atoms with Gasteiger partial charge in [0.25, 0.3) is 23.2 Å². The number of methoxy groups -OCH3 is 1. The minimum atomic E-state index is -0.924. The largest absolute Gasteiger partial charge is 0.496 e. The van der Waals surface area contributed by atoms with Crippen LogP contribution in [-0.4, -0.2) is 50.1 Å². The molecule has 0 saturated heterocycles. The number of nitro groups is 1. The lowest BCUT2D eigenvalue weighted by molar-refractivity contribution is -0.384. The molecule has 0 spiro atoms. The number of hydrogen-bond donors (Lipinski definition) is 1. The molecule has 150 valence electrons. The van der Waals surface area contributed by atoms with Crippen LogP contribution in [-0.2, 0) is 9.53 Å². The first-order chi connectivity index (χ1) is 13.8. The molecule has 2 aromatic heterocycles. The topological polar surface area (TPSA) is 151 Å². The number of carbonyl (C=O) groups is 2. The predicted molar refractivity (Wildman–Crippen MR) is 98.8 cm³/mol. The highest BCUT2D eigenvalue weighted by Gasteiger charge is 2.20. The lowest BCUT2D eigenvalue weighted by Crippen LogP contribution is -2.22. The summed E-state index contributed by atoms with van der Waals surface area (Å²) in [4.78, 5) is 42.8. The summed E-state index contributed by atoms with van der Waals surface area (Å²) >= 11 is 0. The van der Waals surface area contributed by atoms with Crippen molar-refractivity contribution in [3.8, 4) is 5.75 Å². The van der Waals surface area contributed by atoms with Crippen LogP contribution < -0.4 is 10.1 Å². The number of aryl methyl sites for hydroxylation is 2. The average molecular weight is 400 g/mol. The third-order valence-corrected chi connectivity index (χ3v) is 3.81. The van der Waals surface area contributed by atoms with Crippen LogP contribution in [0.5, 0.6) is 5.75 Å². The highest BCUT2D eigenvalue weighted by Crippen LogP contribution is 2.28. The number of anilines is 1. The highest BCUT2D eigenvalue weighted by atomic mass is 16.6. The van der Waals surface area contributed by atoms with E-state index in [1.807, 2.05) is 0 Å². The van der Waals surface area contributed by atoms with E-state index in [0.717, 1.165) is 5.69 Å². The van der Waals surface area contributed by atoms with E-state index in [1.54, 1.807) is 19.9 Å². The van der Waals surface area contributed by atoms with E-state index in [2.05, 4.69) is 20.4 Å². The molecule has 0 aliphatic rings. The SMILES string of the molecule is COc1ccc(NC(=O)COC(=O)c2nc3nc(C)cc(C)n3n2)c([N+](=O)[O-])c1. The van der Waals surface area contributed by atoms with E-state index in [1.165, 1.54) is 29.8 Å². The van der Waals surface area contributed by atoms with Gasteiger partial charge in [0.2, 0.25) is 0 Å². The van der Waals surface area contributed by atoms with E-state index >= 15 is 0 Å². The molecule has 0 bridgehead atoms. The van der Waals surface area contributed by atoms with Gasteiger partial charge in [0.1, 0.15) is 11.4 Å². The molecule has 0 saturated carbocycles. The van der Waals surface area contributed by atoms with E-state index in [0.29, 0.717) is 5.69 Å². The molecule has 0 unspecified atom stereocenters. The van der Waals surface area contributed by atoms with Gasteiger partial charge in [-0.05, 0) is 32.0 Å². The molecule has 0 aliphatic carbocycles. The van der Waals surface area contributed by atoms with Crippen molar-refractivity contribution in [3.63, 3.8) is 0 Å². The molecular weight excluding hydrogens is 384 g/mol. The fourth-order valence-electron chi connectivity index (χ4n) is 2.53. The molecule has 1 aromatic carbocycles. The summed E-state index contributed by atoms with van der Waals surface area (Å²) in [6, 6.07) is 5.70. The average Bonchev–Trinajstić information content (AvgIpc) is 3.10. The zero-order valence-corrected chi connectivity index (χ0v) is 15.7. The number of carbonyl (C=O) groups excluding carboxylic acids is 2. The number of nitrogens with one attached hydrogen (secondary N) is 1. The van der Waals surface area contributed by atoms with Crippen molar-refractivity contribution in [3.05, 3.63) is 51.6 Å². The summed E-state index contributed by atoms with van der Waals surface area (Å²) in [6.07, 6.45) is 0. The number of benzene rings is 1. The van der Waals surface area contributed by atoms with Crippen LogP contribution in [0, 0.1) is 24.0 Å². The van der Waals surface area contributed by atoms with Crippen LogP contribution in [0.2, 0.25) is 0 Å². The maximum atomic E-state index is 12.1. The van der Waals surface area contributed by atoms with E-state index < -0.39 is 23.4 Å². The number of nitrogens with zero attached hydrogens (tertiary/aromatic N) is 5. The number of esters is 1. The van der Waals surface area contributed by atoms with Gasteiger partial charge < -0.3 is 14.8 Å². The van der Waals surface area contributed by atoms with Gasteiger partial charge in [-0.25, -0.2) is 14.3 Å². The third kappa shape index (κ3) is 4.26. The van der Waals surface area contributed by atoms with Crippen molar-refractivity contribution in [2.24, 2.45) is 0 Å². The quantitative estimate of drug-likeness (QED) is 0.368. The Morgan fingerprint density at radius 3 is 2.69 bits per heavy atom. The maximum Gasteiger partial charge on any atom is 0.378 e. The second-order valence-corrected chi connectivity index (χ2v) is 5.95. The maximum absolute atomic E-state index is 12.1. The van der Waals surface area contributed by atoms with Crippen LogP contribution in [0.1, 0.15) is 22.0 Å². The molecule has 2 heterocycles. The molecular formula is C17H16N6O6. The van der Waals surface area contributed by atoms with Gasteiger partial charge >= 0.3 is 5.97 Å². The number of amides is 1. The predicted octanol–water partition coefficient (Wildman–Crippen LogP) is 1.45. The number of nitro benzene ring substituents is 1. The zero-order chi connectivity index (χ0) is 21.1. The number of hydrogen-bond acceptors (Lipinski definition) is 9. The summed E-state index contributed by atoms with van der Waals surface area (Å²) in [7, 11) is 1.36. The summed E-state index contributed by atoms with van der Waals surface area (Å²) in [5.41, 5.74) is 1.02. The number of rotatable bonds is 6. The van der Waals surface area contributed by atoms with Gasteiger partial charge in [0, 0.05) is 11.4 Å². The van der Waals surface area contributed by atoms with Crippen molar-refractivity contribution in [2.45, 2.75) is 13.8 Å². The van der Waals surface area contributed by atoms with Gasteiger partial charge in [0.05, 0.1) is 18.1 Å². The Morgan fingerprint density at radius 1 is 1.24 bits per heavy atom. The first-order valence-corrected chi connectivity index (χ1v) is 8.29. The summed E-state index contributed by atoms with van der Waals surface area (Å²) in [5.74, 6) is -1.45. The molecule has 1 amide bonds. The van der Waals surface area contributed by atoms with Gasteiger partial charge in [-0.1, -0.05) is 0 Å². The molecule has 0 fully saturated rings. The molecule has 0 aliphatic heterocycles. The monoisotopic (exact) mass is 400 g/mol. The highest BCUT2D eigenvalue weighted by molar-refractivity contribution is 5.96. The molecule has 0 atom stereocenters. The third-order valence-electron chi connectivity index (χ3n) is 3.81. The Bertz CT molecular complexity index is 1130. The van der Waals surface area contributed by atoms with Crippen molar-refractivity contribution in [1.82, 2.24) is 19.6 Å². The van der Waals surface area contributed by atoms with E-state index in [9.17, 15) is 19.7 Å². The van der Waals surface area contributed by atoms with E-state index in [-0.39, 0.29) is 28.7 Å². The minimum Gasteiger partial charge on any atom is -0.496 e. The van der Waals surface area contributed by atoms with Gasteiger partial charge in [-0.3, -0.25) is 14.9 Å². The van der Waals surface area contributed by atoms with Crippen LogP contribution >= 0.6 is 0 Å². The van der Waals surface area contributed by atoms with Gasteiger partial charge in [-0.15, -0.1) is 5.10 Å². The lowest BCUT2D eigenvalue weighted by Gasteiger charge is -2.07. The Labute approximate surface area is 163 Å². The summed E-state index contributed by atoms with van der Waals surface area (Å²) in [5, 5.41) is 17.5. The van der Waals surface area contributed by atoms with E-state index in [4.69, 9.17) is 9.47 Å². The number of aromatic nitrogens is 4. The second kappa shape index (κ2) is 7.88. The lowest BCUT2D eigenvalue weighted by atomic mass is 10.2. The standard InChI is InChI=1S/C17H16N6O6/c1-9-6-10(2)22-17(18-9)20-15(21-22)16(25)29-8-14(24)19-12-5-4-11(28-3)7-13(12)23(26)27/h4-7H,8H2,1-3H3,(H,19,24). The molecule has 29 heavy (non-hydrogen) atoms. The van der Waals surface area contributed by atoms with Crippen molar-refractivity contribution >= 4 is 29.0 Å². The number of fused-ring (bicyclic) bond motifs is 1. The molecule has 3 rings (SSSR count). The minimum absolute atomic E-state index is 0.0574. The number of ether oxygens (including phenoxy) is 2. The van der Waals surface area contributed by atoms with Crippen LogP contribution in [0.25, 0.3) is 5.78 Å². The normalized spacial score (nSPS) is 10.6. The molecule has 12 nitrogen and oxygen atoms in total. The van der Waals surface area contributed by atoms with Crippen molar-refractivity contribution in [2.75, 3.05) is 19.0 Å². The molecule has 12 heteroatoms. The summed E-state index contributed by atoms with van der Waals surface area (Å²) < 4.78 is 11.2. The van der Waals surface area contributed by atoms with Crippen molar-refractivity contribution in [1.29, 1.82) is 0 Å². The smallest absolute Gasteiger partial charge is 0.378 e. The first kappa shape index (κ1) is 19.7. The van der Waals surface area contributed by atoms with Gasteiger partial charge in [-0.2, -0.15) is 4.98 Å². The van der Waals surface area contributed by atoms with Crippen molar-refractivity contribution < 1.29 is 24.0 Å². The van der Waals surface area contributed by atoms with Gasteiger partial charge in [0.15, 0.2) is 6.61 Å². The Kier molecular flexibility index (Phi) is 5.34. The van der Waals surface area contributed by atoms with Crippen LogP contribution in [0.4, 0.5) is 11.4 Å². The molecule has 1 N–H and O–H groups in total. The zero-order valence-electron chi connectivity index (χ0n) is 15.7. The fourth-order valence-corrected chi connectivity index (χ4v) is 2.53.